The van der Waals surface area contributed by atoms with Gasteiger partial charge in [-0.3, -0.25) is 9.59 Å². The van der Waals surface area contributed by atoms with E-state index in [-0.39, 0.29) is 31.0 Å². The van der Waals surface area contributed by atoms with Crippen molar-refractivity contribution in [2.45, 2.75) is 26.2 Å². The minimum atomic E-state index is -1.07. The van der Waals surface area contributed by atoms with E-state index in [2.05, 4.69) is 4.98 Å². The molecule has 5 nitrogen and oxygen atoms in total. The van der Waals surface area contributed by atoms with Gasteiger partial charge in [-0.05, 0) is 37.8 Å². The summed E-state index contributed by atoms with van der Waals surface area (Å²) in [4.78, 5) is 31.1. The Balaban J connectivity index is 1.90. The second-order valence-corrected chi connectivity index (χ2v) is 7.34. The number of ether oxygens (including phenoxy) is 1. The summed E-state index contributed by atoms with van der Waals surface area (Å²) in [5.41, 5.74) is 1.06. The van der Waals surface area contributed by atoms with Crippen LogP contribution in [-0.2, 0) is 16.0 Å². The van der Waals surface area contributed by atoms with Crippen LogP contribution in [0.2, 0.25) is 0 Å². The Kier molecular flexibility index (Phi) is 5.84. The maximum atomic E-state index is 14.2. The third kappa shape index (κ3) is 4.16. The first-order valence-corrected chi connectivity index (χ1v) is 9.68. The molecule has 1 aliphatic rings. The van der Waals surface area contributed by atoms with Crippen LogP contribution in [0.3, 0.4) is 0 Å². The van der Waals surface area contributed by atoms with E-state index >= 15 is 0 Å². The lowest BCUT2D eigenvalue weighted by Crippen LogP contribution is -2.51. The van der Waals surface area contributed by atoms with Gasteiger partial charge >= 0.3 is 5.97 Å². The molecule has 1 atom stereocenters. The molecule has 144 valence electrons. The lowest BCUT2D eigenvalue weighted by molar-refractivity contribution is -0.158. The van der Waals surface area contributed by atoms with E-state index < -0.39 is 23.0 Å². The van der Waals surface area contributed by atoms with Crippen molar-refractivity contribution in [2.24, 2.45) is 5.41 Å². The molecule has 8 heteroatoms. The molecule has 0 spiro atoms. The Morgan fingerprint density at radius 3 is 2.85 bits per heavy atom. The van der Waals surface area contributed by atoms with Crippen LogP contribution >= 0.6 is 11.3 Å². The number of nitrogens with zero attached hydrogens (tertiary/aromatic N) is 2. The number of esters is 1. The fraction of sp³-hybridized carbons (Fsp3) is 0.421. The first-order chi connectivity index (χ1) is 12.9. The van der Waals surface area contributed by atoms with E-state index in [1.807, 2.05) is 0 Å². The number of carbonyl (C=O) groups excluding carboxylic acids is 2. The number of likely N-dealkylation sites (tertiary alicyclic amines) is 1. The van der Waals surface area contributed by atoms with E-state index in [9.17, 15) is 18.4 Å². The third-order valence-electron chi connectivity index (χ3n) is 4.77. The SMILES string of the molecule is CCOC(=O)[C@]1(Cc2ccc(F)cc2F)CCCN(C(=O)c2cscn2)C1. The molecular weight excluding hydrogens is 374 g/mol. The van der Waals surface area contributed by atoms with Crippen LogP contribution in [0.5, 0.6) is 0 Å². The van der Waals surface area contributed by atoms with Crippen molar-refractivity contribution in [3.63, 3.8) is 0 Å². The van der Waals surface area contributed by atoms with Crippen molar-refractivity contribution >= 4 is 23.2 Å². The number of halogens is 2. The highest BCUT2D eigenvalue weighted by atomic mass is 32.1. The third-order valence-corrected chi connectivity index (χ3v) is 5.35. The zero-order chi connectivity index (χ0) is 19.4. The van der Waals surface area contributed by atoms with Gasteiger partial charge in [-0.15, -0.1) is 11.3 Å². The van der Waals surface area contributed by atoms with Crippen LogP contribution in [0.4, 0.5) is 8.78 Å². The highest BCUT2D eigenvalue weighted by molar-refractivity contribution is 7.07. The van der Waals surface area contributed by atoms with Crippen molar-refractivity contribution in [1.82, 2.24) is 9.88 Å². The lowest BCUT2D eigenvalue weighted by Gasteiger charge is -2.41. The van der Waals surface area contributed by atoms with Crippen LogP contribution in [-0.4, -0.2) is 41.5 Å². The molecule has 2 aromatic rings. The number of rotatable bonds is 5. The quantitative estimate of drug-likeness (QED) is 0.729. The number of hydrogen-bond donors (Lipinski definition) is 0. The smallest absolute Gasteiger partial charge is 0.314 e. The normalized spacial score (nSPS) is 19.7. The summed E-state index contributed by atoms with van der Waals surface area (Å²) in [7, 11) is 0. The topological polar surface area (TPSA) is 59.5 Å². The monoisotopic (exact) mass is 394 g/mol. The van der Waals surface area contributed by atoms with Gasteiger partial charge in [0.15, 0.2) is 0 Å². The fourth-order valence-corrected chi connectivity index (χ4v) is 4.01. The maximum absolute atomic E-state index is 14.2. The van der Waals surface area contributed by atoms with Crippen molar-refractivity contribution in [1.29, 1.82) is 0 Å². The van der Waals surface area contributed by atoms with Crippen molar-refractivity contribution < 1.29 is 23.1 Å². The number of carbonyl (C=O) groups is 2. The number of amides is 1. The van der Waals surface area contributed by atoms with Crippen LogP contribution in [0, 0.1) is 17.0 Å². The molecule has 0 unspecified atom stereocenters. The molecule has 1 amide bonds. The largest absolute Gasteiger partial charge is 0.466 e. The summed E-state index contributed by atoms with van der Waals surface area (Å²) in [5, 5.41) is 1.66. The van der Waals surface area contributed by atoms with Gasteiger partial charge in [-0.2, -0.15) is 0 Å². The van der Waals surface area contributed by atoms with E-state index in [0.717, 1.165) is 12.1 Å². The zero-order valence-corrected chi connectivity index (χ0v) is 15.7. The first-order valence-electron chi connectivity index (χ1n) is 8.74. The molecule has 0 aliphatic carbocycles. The molecule has 3 rings (SSSR count). The average molecular weight is 394 g/mol. The fourth-order valence-electron chi connectivity index (χ4n) is 3.48. The van der Waals surface area contributed by atoms with Crippen LogP contribution < -0.4 is 0 Å². The van der Waals surface area contributed by atoms with Crippen LogP contribution in [0.15, 0.2) is 29.1 Å². The Labute approximate surface area is 160 Å². The number of aromatic nitrogens is 1. The van der Waals surface area contributed by atoms with Gasteiger partial charge in [-0.25, -0.2) is 13.8 Å². The second kappa shape index (κ2) is 8.12. The molecule has 0 bridgehead atoms. The standard InChI is InChI=1S/C19H20F2N2O3S/c1-2-26-18(25)19(9-13-4-5-14(20)8-15(13)21)6-3-7-23(11-19)17(24)16-10-27-12-22-16/h4-5,8,10,12H,2-3,6-7,9,11H2,1H3/t19-/m0/s1. The predicted molar refractivity (Wildman–Crippen MR) is 96.4 cm³/mol. The Morgan fingerprint density at radius 2 is 2.19 bits per heavy atom. The van der Waals surface area contributed by atoms with Crippen molar-refractivity contribution in [2.75, 3.05) is 19.7 Å². The molecule has 0 N–H and O–H groups in total. The van der Waals surface area contributed by atoms with Gasteiger partial charge in [0.1, 0.15) is 17.3 Å². The molecule has 27 heavy (non-hydrogen) atoms. The van der Waals surface area contributed by atoms with Crippen LogP contribution in [0.1, 0.15) is 35.8 Å². The Hall–Kier alpha value is -2.35. The molecule has 1 saturated heterocycles. The van der Waals surface area contributed by atoms with E-state index in [0.29, 0.717) is 25.1 Å². The van der Waals surface area contributed by atoms with Gasteiger partial charge in [0.2, 0.25) is 0 Å². The summed E-state index contributed by atoms with van der Waals surface area (Å²) < 4.78 is 32.7. The van der Waals surface area contributed by atoms with E-state index in [1.54, 1.807) is 22.7 Å². The van der Waals surface area contributed by atoms with Crippen LogP contribution in [0.25, 0.3) is 0 Å². The average Bonchev–Trinajstić information content (AvgIpc) is 3.18. The molecule has 1 aromatic heterocycles. The number of thiazole rings is 1. The van der Waals surface area contributed by atoms with Gasteiger partial charge in [0, 0.05) is 24.5 Å². The number of hydrogen-bond acceptors (Lipinski definition) is 5. The van der Waals surface area contributed by atoms with Gasteiger partial charge in [0.25, 0.3) is 5.91 Å². The van der Waals surface area contributed by atoms with E-state index in [4.69, 9.17) is 4.74 Å². The first kappa shape index (κ1) is 19.4. The van der Waals surface area contributed by atoms with E-state index in [1.165, 1.54) is 17.4 Å². The Bertz CT molecular complexity index is 828. The summed E-state index contributed by atoms with van der Waals surface area (Å²) in [6.07, 6.45) is 1.08. The zero-order valence-electron chi connectivity index (χ0n) is 14.9. The van der Waals surface area contributed by atoms with Crippen molar-refractivity contribution in [3.8, 4) is 0 Å². The minimum Gasteiger partial charge on any atom is -0.466 e. The predicted octanol–water partition coefficient (Wildman–Crippen LogP) is 3.45. The minimum absolute atomic E-state index is 0.0405. The highest BCUT2D eigenvalue weighted by Crippen LogP contribution is 2.36. The summed E-state index contributed by atoms with van der Waals surface area (Å²) >= 11 is 1.32. The molecule has 1 aliphatic heterocycles. The lowest BCUT2D eigenvalue weighted by atomic mass is 9.75. The van der Waals surface area contributed by atoms with Crippen molar-refractivity contribution in [3.05, 3.63) is 52.0 Å². The molecule has 0 radical (unpaired) electrons. The van der Waals surface area contributed by atoms with Gasteiger partial charge in [-0.1, -0.05) is 6.07 Å². The van der Waals surface area contributed by atoms with Gasteiger partial charge in [0.05, 0.1) is 17.5 Å². The maximum Gasteiger partial charge on any atom is 0.314 e. The van der Waals surface area contributed by atoms with Gasteiger partial charge < -0.3 is 9.64 Å². The highest BCUT2D eigenvalue weighted by Gasteiger charge is 2.45. The molecule has 0 saturated carbocycles. The molecule has 2 heterocycles. The summed E-state index contributed by atoms with van der Waals surface area (Å²) in [6, 6.07) is 3.31. The number of benzene rings is 1. The number of piperidine rings is 1. The molecule has 1 aromatic carbocycles. The molecular formula is C19H20F2N2O3S. The summed E-state index contributed by atoms with van der Waals surface area (Å²) in [6.45, 7) is 2.49. The molecule has 1 fully saturated rings. The second-order valence-electron chi connectivity index (χ2n) is 6.62. The Morgan fingerprint density at radius 1 is 1.37 bits per heavy atom. The summed E-state index contributed by atoms with van der Waals surface area (Å²) in [5.74, 6) is -2.11.